The molecular formula is C24H27N3O3. The van der Waals surface area contributed by atoms with E-state index in [1.54, 1.807) is 0 Å². The molecule has 4 rings (SSSR count). The largest absolute Gasteiger partial charge is 0.494 e. The molecule has 0 saturated carbocycles. The minimum Gasteiger partial charge on any atom is -0.494 e. The number of para-hydroxylation sites is 2. The molecule has 0 aliphatic carbocycles. The molecule has 6 nitrogen and oxygen atoms in total. The van der Waals surface area contributed by atoms with Gasteiger partial charge in [-0.05, 0) is 57.0 Å². The van der Waals surface area contributed by atoms with Crippen LogP contribution in [0.3, 0.4) is 0 Å². The fraction of sp³-hybridized carbons (Fsp3) is 0.333. The Morgan fingerprint density at radius 2 is 2.00 bits per heavy atom. The van der Waals surface area contributed by atoms with E-state index in [9.17, 15) is 4.79 Å². The number of esters is 1. The summed E-state index contributed by atoms with van der Waals surface area (Å²) in [6, 6.07) is 15.5. The van der Waals surface area contributed by atoms with Crippen LogP contribution in [0.1, 0.15) is 45.7 Å². The van der Waals surface area contributed by atoms with Crippen LogP contribution in [0.4, 0.5) is 5.95 Å². The minimum atomic E-state index is -0.370. The molecule has 0 unspecified atom stereocenters. The van der Waals surface area contributed by atoms with Crippen LogP contribution in [0, 0.1) is 0 Å². The molecule has 1 N–H and O–H groups in total. The zero-order valence-corrected chi connectivity index (χ0v) is 17.8. The number of ether oxygens (including phenoxy) is 2. The van der Waals surface area contributed by atoms with Gasteiger partial charge in [0.25, 0.3) is 0 Å². The van der Waals surface area contributed by atoms with Crippen LogP contribution < -0.4 is 10.1 Å². The number of benzene rings is 2. The maximum absolute atomic E-state index is 13.1. The second-order valence-electron chi connectivity index (χ2n) is 7.74. The smallest absolute Gasteiger partial charge is 0.338 e. The van der Waals surface area contributed by atoms with Gasteiger partial charge < -0.3 is 14.8 Å². The minimum absolute atomic E-state index is 0.210. The second kappa shape index (κ2) is 8.22. The van der Waals surface area contributed by atoms with Crippen molar-refractivity contribution in [1.82, 2.24) is 9.55 Å². The first-order valence-electron chi connectivity index (χ1n) is 10.4. The van der Waals surface area contributed by atoms with Gasteiger partial charge in [0, 0.05) is 5.70 Å². The molecule has 156 valence electrons. The summed E-state index contributed by atoms with van der Waals surface area (Å²) in [5.74, 6) is 1.16. The molecule has 0 fully saturated rings. The summed E-state index contributed by atoms with van der Waals surface area (Å²) in [5, 5.41) is 3.30. The van der Waals surface area contributed by atoms with Gasteiger partial charge in [0.1, 0.15) is 5.75 Å². The van der Waals surface area contributed by atoms with E-state index < -0.39 is 0 Å². The van der Waals surface area contributed by atoms with Crippen molar-refractivity contribution in [3.63, 3.8) is 0 Å². The quantitative estimate of drug-likeness (QED) is 0.580. The van der Waals surface area contributed by atoms with Crippen LogP contribution in [-0.4, -0.2) is 28.2 Å². The monoisotopic (exact) mass is 405 g/mol. The van der Waals surface area contributed by atoms with Gasteiger partial charge in [-0.1, -0.05) is 31.2 Å². The lowest BCUT2D eigenvalue weighted by molar-refractivity contribution is -0.143. The lowest BCUT2D eigenvalue weighted by Crippen LogP contribution is -2.30. The normalized spacial score (nSPS) is 15.8. The van der Waals surface area contributed by atoms with Crippen molar-refractivity contribution in [2.45, 2.75) is 46.3 Å². The van der Waals surface area contributed by atoms with Crippen LogP contribution in [0.2, 0.25) is 0 Å². The molecule has 30 heavy (non-hydrogen) atoms. The number of imidazole rings is 1. The number of nitrogens with one attached hydrogen (secondary N) is 1. The first-order valence-corrected chi connectivity index (χ1v) is 10.4. The Kier molecular flexibility index (Phi) is 5.48. The molecule has 1 aliphatic heterocycles. The number of hydrogen-bond acceptors (Lipinski definition) is 5. The molecule has 2 aromatic carbocycles. The lowest BCUT2D eigenvalue weighted by atomic mass is 9.95. The number of carbonyl (C=O) groups is 1. The lowest BCUT2D eigenvalue weighted by Gasteiger charge is -2.30. The molecule has 6 heteroatoms. The zero-order valence-electron chi connectivity index (χ0n) is 17.8. The number of nitrogens with zero attached hydrogens (tertiary/aromatic N) is 2. The van der Waals surface area contributed by atoms with Gasteiger partial charge in [-0.3, -0.25) is 4.57 Å². The zero-order chi connectivity index (χ0) is 21.3. The molecule has 0 radical (unpaired) electrons. The van der Waals surface area contributed by atoms with E-state index in [-0.39, 0.29) is 18.1 Å². The van der Waals surface area contributed by atoms with Crippen molar-refractivity contribution < 1.29 is 14.3 Å². The van der Waals surface area contributed by atoms with E-state index in [1.807, 2.05) is 69.3 Å². The number of rotatable bonds is 6. The van der Waals surface area contributed by atoms with Gasteiger partial charge in [0.05, 0.1) is 35.4 Å². The number of hydrogen-bond donors (Lipinski definition) is 1. The molecule has 1 aromatic heterocycles. The van der Waals surface area contributed by atoms with Crippen molar-refractivity contribution in [2.24, 2.45) is 0 Å². The predicted molar refractivity (Wildman–Crippen MR) is 118 cm³/mol. The molecule has 0 spiro atoms. The standard InChI is InChI=1S/C24H27N3O3/c1-5-13-29-18-10-8-9-17(14-18)22-21(23(28)30-15(2)3)16(4)25-24-26-19-11-6-7-12-20(19)27(22)24/h6-12,14-15,22H,5,13H2,1-4H3,(H,25,26)/t22-/m0/s1. The van der Waals surface area contributed by atoms with Crippen LogP contribution >= 0.6 is 0 Å². The van der Waals surface area contributed by atoms with Crippen molar-refractivity contribution >= 4 is 23.0 Å². The van der Waals surface area contributed by atoms with Gasteiger partial charge in [-0.15, -0.1) is 0 Å². The number of allylic oxidation sites excluding steroid dienone is 1. The maximum Gasteiger partial charge on any atom is 0.338 e. The molecule has 0 amide bonds. The molecule has 0 saturated heterocycles. The third-order valence-electron chi connectivity index (χ3n) is 5.04. The van der Waals surface area contributed by atoms with Gasteiger partial charge in [-0.25, -0.2) is 9.78 Å². The van der Waals surface area contributed by atoms with E-state index in [1.165, 1.54) is 0 Å². The summed E-state index contributed by atoms with van der Waals surface area (Å²) >= 11 is 0. The van der Waals surface area contributed by atoms with E-state index in [0.717, 1.165) is 34.5 Å². The predicted octanol–water partition coefficient (Wildman–Crippen LogP) is 5.07. The van der Waals surface area contributed by atoms with Gasteiger partial charge in [0.15, 0.2) is 0 Å². The van der Waals surface area contributed by atoms with Gasteiger partial charge >= 0.3 is 5.97 Å². The highest BCUT2D eigenvalue weighted by Gasteiger charge is 2.35. The van der Waals surface area contributed by atoms with Crippen molar-refractivity contribution in [3.8, 4) is 5.75 Å². The SMILES string of the molecule is CCCOc1cccc([C@H]2C(C(=O)OC(C)C)=C(C)Nc3nc4ccccc4n32)c1. The summed E-state index contributed by atoms with van der Waals surface area (Å²) in [4.78, 5) is 17.9. The maximum atomic E-state index is 13.1. The van der Waals surface area contributed by atoms with Gasteiger partial charge in [-0.2, -0.15) is 0 Å². The summed E-state index contributed by atoms with van der Waals surface area (Å²) < 4.78 is 13.5. The Bertz CT molecular complexity index is 1110. The fourth-order valence-electron chi connectivity index (χ4n) is 3.82. The summed E-state index contributed by atoms with van der Waals surface area (Å²) in [5.41, 5.74) is 4.09. The molecule has 1 atom stereocenters. The van der Waals surface area contributed by atoms with Crippen LogP contribution in [0.25, 0.3) is 11.0 Å². The van der Waals surface area contributed by atoms with Gasteiger partial charge in [0.2, 0.25) is 5.95 Å². The summed E-state index contributed by atoms with van der Waals surface area (Å²) in [6.45, 7) is 8.33. The highest BCUT2D eigenvalue weighted by atomic mass is 16.5. The van der Waals surface area contributed by atoms with Crippen molar-refractivity contribution in [2.75, 3.05) is 11.9 Å². The Balaban J connectivity index is 1.90. The molecule has 2 heterocycles. The van der Waals surface area contributed by atoms with E-state index in [2.05, 4.69) is 16.8 Å². The average Bonchev–Trinajstić information content (AvgIpc) is 3.08. The number of aromatic nitrogens is 2. The van der Waals surface area contributed by atoms with Crippen LogP contribution in [0.5, 0.6) is 5.75 Å². The second-order valence-corrected chi connectivity index (χ2v) is 7.74. The Morgan fingerprint density at radius 3 is 2.77 bits per heavy atom. The van der Waals surface area contributed by atoms with Crippen molar-refractivity contribution in [1.29, 1.82) is 0 Å². The average molecular weight is 405 g/mol. The number of carbonyl (C=O) groups excluding carboxylic acids is 1. The molecular weight excluding hydrogens is 378 g/mol. The fourth-order valence-corrected chi connectivity index (χ4v) is 3.82. The molecule has 3 aromatic rings. The first-order chi connectivity index (χ1) is 14.5. The van der Waals surface area contributed by atoms with E-state index >= 15 is 0 Å². The molecule has 0 bridgehead atoms. The Hall–Kier alpha value is -3.28. The van der Waals surface area contributed by atoms with E-state index in [0.29, 0.717) is 18.1 Å². The summed E-state index contributed by atoms with van der Waals surface area (Å²) in [7, 11) is 0. The first kappa shape index (κ1) is 20.0. The number of anilines is 1. The molecule has 1 aliphatic rings. The van der Waals surface area contributed by atoms with Crippen LogP contribution in [0.15, 0.2) is 59.8 Å². The summed E-state index contributed by atoms with van der Waals surface area (Å²) in [6.07, 6.45) is 0.720. The number of fused-ring (bicyclic) bond motifs is 3. The Morgan fingerprint density at radius 1 is 1.20 bits per heavy atom. The van der Waals surface area contributed by atoms with Crippen molar-refractivity contribution in [3.05, 3.63) is 65.4 Å². The highest BCUT2D eigenvalue weighted by molar-refractivity contribution is 5.94. The third-order valence-corrected chi connectivity index (χ3v) is 5.04. The van der Waals surface area contributed by atoms with E-state index in [4.69, 9.17) is 14.5 Å². The Labute approximate surface area is 176 Å². The highest BCUT2D eigenvalue weighted by Crippen LogP contribution is 2.40. The third kappa shape index (κ3) is 3.65. The topological polar surface area (TPSA) is 65.4 Å². The van der Waals surface area contributed by atoms with Crippen LogP contribution in [-0.2, 0) is 9.53 Å².